The lowest BCUT2D eigenvalue weighted by Crippen LogP contribution is -2.31. The molecule has 29 heavy (non-hydrogen) atoms. The van der Waals surface area contributed by atoms with Gasteiger partial charge in [0.2, 0.25) is 21.8 Å². The third-order valence-corrected chi connectivity index (χ3v) is 6.84. The Hall–Kier alpha value is -2.82. The second kappa shape index (κ2) is 7.90. The summed E-state index contributed by atoms with van der Waals surface area (Å²) in [5.41, 5.74) is 1.34. The first-order valence-electron chi connectivity index (χ1n) is 8.92. The van der Waals surface area contributed by atoms with Crippen LogP contribution < -0.4 is 9.62 Å². The molecule has 8 nitrogen and oxygen atoms in total. The van der Waals surface area contributed by atoms with Crippen LogP contribution in [0.3, 0.4) is 0 Å². The smallest absolute Gasteiger partial charge is 0.240 e. The second-order valence-corrected chi connectivity index (χ2v) is 9.07. The van der Waals surface area contributed by atoms with E-state index < -0.39 is 10.0 Å². The highest BCUT2D eigenvalue weighted by molar-refractivity contribution is 7.89. The number of carbonyl (C=O) groups excluding carboxylic acids is 2. The minimum absolute atomic E-state index is 0.0601. The summed E-state index contributed by atoms with van der Waals surface area (Å²) >= 11 is 1.53. The van der Waals surface area contributed by atoms with Crippen molar-refractivity contribution in [3.05, 3.63) is 65.1 Å². The van der Waals surface area contributed by atoms with Gasteiger partial charge in [0, 0.05) is 31.8 Å². The number of nitrogens with zero attached hydrogens (tertiary/aromatic N) is 3. The number of hydrogen-bond acceptors (Lipinski definition) is 6. The zero-order chi connectivity index (χ0) is 20.4. The number of anilines is 1. The summed E-state index contributed by atoms with van der Waals surface area (Å²) in [6.45, 7) is 0.131. The Kier molecular flexibility index (Phi) is 5.31. The maximum atomic E-state index is 12.8. The molecule has 3 aromatic rings. The van der Waals surface area contributed by atoms with Gasteiger partial charge in [0.1, 0.15) is 0 Å². The molecule has 0 radical (unpaired) electrons. The van der Waals surface area contributed by atoms with Gasteiger partial charge in [-0.1, -0.05) is 0 Å². The van der Waals surface area contributed by atoms with Crippen LogP contribution in [0.1, 0.15) is 24.4 Å². The number of sulfonamides is 1. The quantitative estimate of drug-likeness (QED) is 0.579. The first-order chi connectivity index (χ1) is 14.0. The maximum Gasteiger partial charge on any atom is 0.240 e. The summed E-state index contributed by atoms with van der Waals surface area (Å²) in [7, 11) is -3.78. The Morgan fingerprint density at radius 3 is 2.41 bits per heavy atom. The van der Waals surface area contributed by atoms with Crippen molar-refractivity contribution in [3.8, 4) is 0 Å². The van der Waals surface area contributed by atoms with Gasteiger partial charge in [0.15, 0.2) is 0 Å². The van der Waals surface area contributed by atoms with Gasteiger partial charge in [-0.25, -0.2) is 13.1 Å². The minimum Gasteiger partial charge on any atom is -0.274 e. The van der Waals surface area contributed by atoms with Crippen LogP contribution in [0.15, 0.2) is 64.4 Å². The average Bonchev–Trinajstić information content (AvgIpc) is 3.46. The van der Waals surface area contributed by atoms with E-state index >= 15 is 0 Å². The normalized spacial score (nSPS) is 15.8. The summed E-state index contributed by atoms with van der Waals surface area (Å²) in [4.78, 5) is 24.8. The molecule has 4 rings (SSSR count). The molecule has 1 atom stereocenters. The highest BCUT2D eigenvalue weighted by Gasteiger charge is 2.30. The van der Waals surface area contributed by atoms with Crippen molar-refractivity contribution in [1.82, 2.24) is 14.5 Å². The molecule has 1 saturated heterocycles. The van der Waals surface area contributed by atoms with Crippen molar-refractivity contribution in [1.29, 1.82) is 0 Å². The molecule has 1 unspecified atom stereocenters. The molecule has 1 aromatic carbocycles. The molecule has 1 aliphatic heterocycles. The van der Waals surface area contributed by atoms with Crippen molar-refractivity contribution in [2.75, 3.05) is 11.4 Å². The molecule has 1 N–H and O–H groups in total. The van der Waals surface area contributed by atoms with E-state index in [1.807, 2.05) is 16.8 Å². The van der Waals surface area contributed by atoms with Crippen LogP contribution in [-0.4, -0.2) is 36.6 Å². The molecule has 2 aromatic heterocycles. The molecule has 0 saturated carbocycles. The largest absolute Gasteiger partial charge is 0.274 e. The lowest BCUT2D eigenvalue weighted by atomic mass is 10.1. The number of hydrogen-bond donors (Lipinski definition) is 1. The summed E-state index contributed by atoms with van der Waals surface area (Å²) in [6.07, 6.45) is 3.79. The summed E-state index contributed by atoms with van der Waals surface area (Å²) in [5.74, 6) is -0.553. The van der Waals surface area contributed by atoms with Gasteiger partial charge in [-0.3, -0.25) is 19.2 Å². The minimum atomic E-state index is -3.78. The van der Waals surface area contributed by atoms with Crippen molar-refractivity contribution in [2.45, 2.75) is 23.8 Å². The number of aromatic nitrogens is 2. The van der Waals surface area contributed by atoms with Crippen LogP contribution in [0.5, 0.6) is 0 Å². The first-order valence-corrected chi connectivity index (χ1v) is 11.3. The SMILES string of the molecule is O=C1CCC(=O)N1c1ccc(S(=O)(=O)NCC(c2ccsc2)n2cccn2)cc1. The zero-order valence-corrected chi connectivity index (χ0v) is 16.9. The molecule has 3 heterocycles. The Morgan fingerprint density at radius 1 is 1.10 bits per heavy atom. The Labute approximate surface area is 171 Å². The highest BCUT2D eigenvalue weighted by Crippen LogP contribution is 2.24. The number of carbonyl (C=O) groups is 2. The van der Waals surface area contributed by atoms with Gasteiger partial charge in [-0.05, 0) is 52.7 Å². The van der Waals surface area contributed by atoms with Crippen LogP contribution in [0, 0.1) is 0 Å². The van der Waals surface area contributed by atoms with Crippen LogP contribution in [0.4, 0.5) is 5.69 Å². The third-order valence-electron chi connectivity index (χ3n) is 4.70. The van der Waals surface area contributed by atoms with E-state index in [0.717, 1.165) is 10.5 Å². The maximum absolute atomic E-state index is 12.8. The van der Waals surface area contributed by atoms with Gasteiger partial charge in [-0.2, -0.15) is 16.4 Å². The van der Waals surface area contributed by atoms with Crippen molar-refractivity contribution in [3.63, 3.8) is 0 Å². The van der Waals surface area contributed by atoms with Gasteiger partial charge in [0.25, 0.3) is 0 Å². The van der Waals surface area contributed by atoms with E-state index in [1.165, 1.54) is 35.6 Å². The Morgan fingerprint density at radius 2 is 1.83 bits per heavy atom. The molecule has 2 amide bonds. The van der Waals surface area contributed by atoms with Crippen LogP contribution >= 0.6 is 11.3 Å². The second-order valence-electron chi connectivity index (χ2n) is 6.53. The Balaban J connectivity index is 1.51. The van der Waals surface area contributed by atoms with Crippen LogP contribution in [0.2, 0.25) is 0 Å². The van der Waals surface area contributed by atoms with Gasteiger partial charge in [-0.15, -0.1) is 0 Å². The predicted octanol–water partition coefficient (Wildman–Crippen LogP) is 2.17. The standard InChI is InChI=1S/C19H18N4O4S2/c24-18-6-7-19(25)23(18)15-2-4-16(5-3-15)29(26,27)21-12-17(14-8-11-28-13-14)22-10-1-9-20-22/h1-5,8-11,13,17,21H,6-7,12H2. The number of benzene rings is 1. The number of thiophene rings is 1. The van der Waals surface area contributed by atoms with E-state index in [2.05, 4.69) is 9.82 Å². The van der Waals surface area contributed by atoms with Crippen molar-refractivity contribution < 1.29 is 18.0 Å². The van der Waals surface area contributed by atoms with E-state index in [-0.39, 0.29) is 42.1 Å². The number of nitrogens with one attached hydrogen (secondary N) is 1. The molecule has 10 heteroatoms. The highest BCUT2D eigenvalue weighted by atomic mass is 32.2. The molecule has 0 bridgehead atoms. The molecule has 0 spiro atoms. The molecule has 1 fully saturated rings. The van der Waals surface area contributed by atoms with E-state index in [9.17, 15) is 18.0 Å². The Bertz CT molecular complexity index is 1060. The number of imide groups is 1. The fourth-order valence-corrected chi connectivity index (χ4v) is 4.95. The molecule has 150 valence electrons. The average molecular weight is 431 g/mol. The third kappa shape index (κ3) is 4.00. The van der Waals surface area contributed by atoms with E-state index in [1.54, 1.807) is 23.1 Å². The molecular weight excluding hydrogens is 412 g/mol. The monoisotopic (exact) mass is 430 g/mol. The van der Waals surface area contributed by atoms with Crippen LogP contribution in [-0.2, 0) is 19.6 Å². The fourth-order valence-electron chi connectivity index (χ4n) is 3.20. The number of amides is 2. The van der Waals surface area contributed by atoms with Gasteiger partial charge >= 0.3 is 0 Å². The lowest BCUT2D eigenvalue weighted by molar-refractivity contribution is -0.121. The van der Waals surface area contributed by atoms with Crippen LogP contribution in [0.25, 0.3) is 0 Å². The van der Waals surface area contributed by atoms with Crippen molar-refractivity contribution in [2.24, 2.45) is 0 Å². The molecule has 1 aliphatic rings. The van der Waals surface area contributed by atoms with E-state index in [4.69, 9.17) is 0 Å². The van der Waals surface area contributed by atoms with Gasteiger partial charge in [0.05, 0.1) is 16.6 Å². The topological polar surface area (TPSA) is 101 Å². The van der Waals surface area contributed by atoms with Gasteiger partial charge < -0.3 is 0 Å². The van der Waals surface area contributed by atoms with Crippen molar-refractivity contribution >= 4 is 38.9 Å². The molecule has 0 aliphatic carbocycles. The predicted molar refractivity (Wildman–Crippen MR) is 108 cm³/mol. The van der Waals surface area contributed by atoms with E-state index in [0.29, 0.717) is 5.69 Å². The number of rotatable bonds is 7. The zero-order valence-electron chi connectivity index (χ0n) is 15.3. The fraction of sp³-hybridized carbons (Fsp3) is 0.211. The summed E-state index contributed by atoms with van der Waals surface area (Å²) < 4.78 is 29.8. The summed E-state index contributed by atoms with van der Waals surface area (Å²) in [5, 5.41) is 8.12. The lowest BCUT2D eigenvalue weighted by Gasteiger charge is -2.18. The first kappa shape index (κ1) is 19.5. The molecular formula is C19H18N4O4S2. The summed E-state index contributed by atoms with van der Waals surface area (Å²) in [6, 6.07) is 9.18.